The fourth-order valence-corrected chi connectivity index (χ4v) is 1.81. The van der Waals surface area contributed by atoms with E-state index < -0.39 is 0 Å². The van der Waals surface area contributed by atoms with Crippen LogP contribution < -0.4 is 11.5 Å². The van der Waals surface area contributed by atoms with Crippen LogP contribution in [0.1, 0.15) is 18.4 Å². The van der Waals surface area contributed by atoms with Crippen molar-refractivity contribution in [2.45, 2.75) is 25.3 Å². The highest BCUT2D eigenvalue weighted by molar-refractivity contribution is 5.41. The van der Waals surface area contributed by atoms with Crippen LogP contribution in [0.2, 0.25) is 0 Å². The second kappa shape index (κ2) is 3.80. The quantitative estimate of drug-likeness (QED) is 0.688. The largest absolute Gasteiger partial charge is 0.383 e. The molecule has 4 N–H and O–H groups in total. The molecular weight excluding hydrogens is 174 g/mol. The van der Waals surface area contributed by atoms with Crippen molar-refractivity contribution in [1.29, 1.82) is 0 Å². The molecule has 1 aliphatic rings. The second-order valence-corrected chi connectivity index (χ2v) is 3.75. The van der Waals surface area contributed by atoms with E-state index >= 15 is 0 Å². The number of anilines is 1. The molecule has 0 saturated carbocycles. The van der Waals surface area contributed by atoms with Crippen molar-refractivity contribution in [2.75, 3.05) is 5.73 Å². The topological polar surface area (TPSA) is 64.9 Å². The summed E-state index contributed by atoms with van der Waals surface area (Å²) in [5, 5.41) is 0. The molecule has 1 aromatic rings. The van der Waals surface area contributed by atoms with Gasteiger partial charge in [0, 0.05) is 12.2 Å². The Kier molecular flexibility index (Phi) is 2.50. The van der Waals surface area contributed by atoms with Crippen LogP contribution in [0.5, 0.6) is 0 Å². The zero-order valence-corrected chi connectivity index (χ0v) is 8.11. The lowest BCUT2D eigenvalue weighted by molar-refractivity contribution is 0.770. The van der Waals surface area contributed by atoms with Crippen LogP contribution in [0.15, 0.2) is 30.0 Å². The van der Waals surface area contributed by atoms with Gasteiger partial charge in [0.15, 0.2) is 0 Å². The van der Waals surface area contributed by atoms with Gasteiger partial charge in [0.2, 0.25) is 0 Å². The summed E-state index contributed by atoms with van der Waals surface area (Å²) in [6.45, 7) is 0. The molecule has 0 fully saturated rings. The van der Waals surface area contributed by atoms with Crippen LogP contribution >= 0.6 is 0 Å². The fraction of sp³-hybridized carbons (Fsp3) is 0.364. The highest BCUT2D eigenvalue weighted by Gasteiger charge is 2.12. The number of nitrogens with two attached hydrogens (primary N) is 2. The van der Waals surface area contributed by atoms with Crippen molar-refractivity contribution in [1.82, 2.24) is 4.98 Å². The lowest BCUT2D eigenvalue weighted by Gasteiger charge is -2.04. The van der Waals surface area contributed by atoms with E-state index in [-0.39, 0.29) is 6.04 Å². The zero-order chi connectivity index (χ0) is 9.97. The van der Waals surface area contributed by atoms with Crippen molar-refractivity contribution in [3.63, 3.8) is 0 Å². The van der Waals surface area contributed by atoms with Crippen LogP contribution in [0.4, 0.5) is 5.82 Å². The highest BCUT2D eigenvalue weighted by Crippen LogP contribution is 2.22. The molecule has 0 radical (unpaired) electrons. The predicted octanol–water partition coefficient (Wildman–Crippen LogP) is 1.25. The lowest BCUT2D eigenvalue weighted by Crippen LogP contribution is -2.11. The molecule has 1 heterocycles. The van der Waals surface area contributed by atoms with E-state index in [1.807, 2.05) is 12.1 Å². The van der Waals surface area contributed by atoms with Crippen molar-refractivity contribution >= 4 is 5.82 Å². The van der Waals surface area contributed by atoms with Gasteiger partial charge < -0.3 is 11.5 Å². The minimum absolute atomic E-state index is 0.239. The minimum Gasteiger partial charge on any atom is -0.383 e. The number of nitrogen functional groups attached to an aromatic ring is 1. The number of pyridine rings is 1. The monoisotopic (exact) mass is 189 g/mol. The summed E-state index contributed by atoms with van der Waals surface area (Å²) < 4.78 is 0. The first-order valence-corrected chi connectivity index (χ1v) is 4.90. The van der Waals surface area contributed by atoms with E-state index in [2.05, 4.69) is 11.1 Å². The summed E-state index contributed by atoms with van der Waals surface area (Å²) in [5.74, 6) is 0.633. The Labute approximate surface area is 83.8 Å². The van der Waals surface area contributed by atoms with Crippen LogP contribution in [-0.2, 0) is 6.42 Å². The van der Waals surface area contributed by atoms with Gasteiger partial charge in [0.05, 0.1) is 0 Å². The molecule has 0 aliphatic heterocycles. The lowest BCUT2D eigenvalue weighted by atomic mass is 10.1. The Morgan fingerprint density at radius 1 is 1.50 bits per heavy atom. The summed E-state index contributed by atoms with van der Waals surface area (Å²) in [6.07, 6.45) is 6.92. The molecule has 3 heteroatoms. The molecule has 14 heavy (non-hydrogen) atoms. The Hall–Kier alpha value is -1.35. The van der Waals surface area contributed by atoms with Gasteiger partial charge in [-0.1, -0.05) is 17.7 Å². The molecule has 0 bridgehead atoms. The molecule has 1 atom stereocenters. The van der Waals surface area contributed by atoms with E-state index in [9.17, 15) is 0 Å². The number of nitrogens with zero attached hydrogens (tertiary/aromatic N) is 1. The van der Waals surface area contributed by atoms with Gasteiger partial charge in [-0.25, -0.2) is 4.98 Å². The summed E-state index contributed by atoms with van der Waals surface area (Å²) in [4.78, 5) is 4.06. The number of rotatable bonds is 2. The van der Waals surface area contributed by atoms with Gasteiger partial charge in [0.25, 0.3) is 0 Å². The molecule has 2 rings (SSSR count). The van der Waals surface area contributed by atoms with Crippen molar-refractivity contribution in [3.05, 3.63) is 35.5 Å². The SMILES string of the molecule is Nc1ncccc1CC1=CC(N)CC1. The van der Waals surface area contributed by atoms with Crippen LogP contribution in [-0.4, -0.2) is 11.0 Å². The summed E-state index contributed by atoms with van der Waals surface area (Å²) in [6, 6.07) is 4.18. The fourth-order valence-electron chi connectivity index (χ4n) is 1.81. The summed E-state index contributed by atoms with van der Waals surface area (Å²) in [5.41, 5.74) is 14.0. The average Bonchev–Trinajstić information content (AvgIpc) is 2.56. The first-order valence-electron chi connectivity index (χ1n) is 4.90. The van der Waals surface area contributed by atoms with E-state index in [1.165, 1.54) is 5.57 Å². The third-order valence-electron chi connectivity index (χ3n) is 2.59. The van der Waals surface area contributed by atoms with Gasteiger partial charge in [-0.3, -0.25) is 0 Å². The van der Waals surface area contributed by atoms with Crippen LogP contribution in [0.3, 0.4) is 0 Å². The Morgan fingerprint density at radius 2 is 2.36 bits per heavy atom. The standard InChI is InChI=1S/C11H15N3/c12-10-4-3-8(7-10)6-9-2-1-5-14-11(9)13/h1-2,5,7,10H,3-4,6,12H2,(H2,13,14). The summed E-state index contributed by atoms with van der Waals surface area (Å²) >= 11 is 0. The number of hydrogen-bond donors (Lipinski definition) is 2. The van der Waals surface area contributed by atoms with E-state index in [4.69, 9.17) is 11.5 Å². The molecule has 1 aliphatic carbocycles. The van der Waals surface area contributed by atoms with Gasteiger partial charge in [-0.15, -0.1) is 0 Å². The van der Waals surface area contributed by atoms with Crippen molar-refractivity contribution in [3.8, 4) is 0 Å². The molecule has 0 amide bonds. The molecule has 1 aromatic heterocycles. The van der Waals surface area contributed by atoms with Gasteiger partial charge in [0.1, 0.15) is 5.82 Å². The predicted molar refractivity (Wildman–Crippen MR) is 57.6 cm³/mol. The number of allylic oxidation sites excluding steroid dienone is 1. The first kappa shape index (κ1) is 9.21. The average molecular weight is 189 g/mol. The zero-order valence-electron chi connectivity index (χ0n) is 8.11. The Bertz CT molecular complexity index is 357. The van der Waals surface area contributed by atoms with Crippen LogP contribution in [0, 0.1) is 0 Å². The molecule has 1 unspecified atom stereocenters. The smallest absolute Gasteiger partial charge is 0.126 e. The second-order valence-electron chi connectivity index (χ2n) is 3.75. The third-order valence-corrected chi connectivity index (χ3v) is 2.59. The van der Waals surface area contributed by atoms with Gasteiger partial charge >= 0.3 is 0 Å². The molecule has 74 valence electrons. The van der Waals surface area contributed by atoms with Gasteiger partial charge in [-0.05, 0) is 30.9 Å². The maximum Gasteiger partial charge on any atom is 0.126 e. The van der Waals surface area contributed by atoms with Gasteiger partial charge in [-0.2, -0.15) is 0 Å². The maximum atomic E-state index is 5.79. The molecular formula is C11H15N3. The number of hydrogen-bond acceptors (Lipinski definition) is 3. The van der Waals surface area contributed by atoms with E-state index in [1.54, 1.807) is 6.20 Å². The number of aromatic nitrogens is 1. The highest BCUT2D eigenvalue weighted by atomic mass is 14.8. The molecule has 0 spiro atoms. The third kappa shape index (κ3) is 1.93. The van der Waals surface area contributed by atoms with Crippen LogP contribution in [0.25, 0.3) is 0 Å². The normalized spacial score (nSPS) is 20.9. The molecule has 0 aromatic carbocycles. The Balaban J connectivity index is 2.12. The van der Waals surface area contributed by atoms with E-state index in [0.717, 1.165) is 24.8 Å². The maximum absolute atomic E-state index is 5.79. The van der Waals surface area contributed by atoms with Crippen molar-refractivity contribution in [2.24, 2.45) is 5.73 Å². The van der Waals surface area contributed by atoms with E-state index in [0.29, 0.717) is 5.82 Å². The minimum atomic E-state index is 0.239. The molecule has 3 nitrogen and oxygen atoms in total. The molecule has 0 saturated heterocycles. The summed E-state index contributed by atoms with van der Waals surface area (Å²) in [7, 11) is 0. The first-order chi connectivity index (χ1) is 6.75. The Morgan fingerprint density at radius 3 is 3.00 bits per heavy atom. The van der Waals surface area contributed by atoms with Crippen molar-refractivity contribution < 1.29 is 0 Å².